The van der Waals surface area contributed by atoms with Gasteiger partial charge in [0.15, 0.2) is 0 Å². The summed E-state index contributed by atoms with van der Waals surface area (Å²) in [4.78, 5) is 12.9. The highest BCUT2D eigenvalue weighted by Crippen LogP contribution is 2.65. The maximum atomic E-state index is 12.9. The smallest absolute Gasteiger partial charge is 0.141 e. The molecule has 24 heavy (non-hydrogen) atoms. The van der Waals surface area contributed by atoms with Gasteiger partial charge >= 0.3 is 0 Å². The lowest BCUT2D eigenvalue weighted by Gasteiger charge is -2.09. The van der Waals surface area contributed by atoms with Gasteiger partial charge < -0.3 is 4.74 Å². The molecule has 0 radical (unpaired) electrons. The van der Waals surface area contributed by atoms with Crippen molar-refractivity contribution < 1.29 is 9.53 Å². The summed E-state index contributed by atoms with van der Waals surface area (Å²) in [6, 6.07) is 13.7. The minimum absolute atomic E-state index is 0.0171. The second-order valence-corrected chi connectivity index (χ2v) is 8.28. The van der Waals surface area contributed by atoms with Crippen LogP contribution in [0.4, 0.5) is 0 Å². The van der Waals surface area contributed by atoms with Gasteiger partial charge in [0.1, 0.15) is 11.5 Å². The van der Waals surface area contributed by atoms with Gasteiger partial charge in [0.05, 0.1) is 7.11 Å². The first-order valence-electron chi connectivity index (χ1n) is 7.95. The molecule has 0 saturated heterocycles. The molecule has 1 fully saturated rings. The fourth-order valence-electron chi connectivity index (χ4n) is 3.71. The van der Waals surface area contributed by atoms with Gasteiger partial charge in [-0.05, 0) is 47.2 Å². The second kappa shape index (κ2) is 6.53. The zero-order valence-corrected chi connectivity index (χ0v) is 16.3. The van der Waals surface area contributed by atoms with Crippen molar-refractivity contribution in [3.05, 3.63) is 63.1 Å². The fraction of sp³-hybridized carbons (Fsp3) is 0.350. The van der Waals surface area contributed by atoms with Gasteiger partial charge in [0, 0.05) is 27.4 Å². The summed E-state index contributed by atoms with van der Waals surface area (Å²) in [5.41, 5.74) is 2.06. The largest absolute Gasteiger partial charge is 0.496 e. The summed E-state index contributed by atoms with van der Waals surface area (Å²) >= 11 is 9.54. The third-order valence-electron chi connectivity index (χ3n) is 5.01. The van der Waals surface area contributed by atoms with Crippen molar-refractivity contribution in [1.29, 1.82) is 0 Å². The number of ketones is 1. The van der Waals surface area contributed by atoms with E-state index in [-0.39, 0.29) is 23.0 Å². The first kappa shape index (κ1) is 17.5. The van der Waals surface area contributed by atoms with E-state index < -0.39 is 0 Å². The molecule has 1 saturated carbocycles. The minimum Gasteiger partial charge on any atom is -0.496 e. The quantitative estimate of drug-likeness (QED) is 0.639. The molecule has 0 aliphatic heterocycles. The number of carbonyl (C=O) groups is 1. The lowest BCUT2D eigenvalue weighted by molar-refractivity contribution is -0.120. The Morgan fingerprint density at radius 3 is 2.50 bits per heavy atom. The Kier molecular flexibility index (Phi) is 4.76. The van der Waals surface area contributed by atoms with Gasteiger partial charge in [-0.15, -0.1) is 0 Å². The van der Waals surface area contributed by atoms with Crippen molar-refractivity contribution in [2.45, 2.75) is 26.2 Å². The monoisotopic (exact) mass is 406 g/mol. The van der Waals surface area contributed by atoms with E-state index in [4.69, 9.17) is 16.3 Å². The van der Waals surface area contributed by atoms with Crippen molar-refractivity contribution >= 4 is 33.3 Å². The molecule has 2 aromatic carbocycles. The number of hydrogen-bond acceptors (Lipinski definition) is 2. The summed E-state index contributed by atoms with van der Waals surface area (Å²) in [5.74, 6) is 1.26. The third kappa shape index (κ3) is 3.25. The lowest BCUT2D eigenvalue weighted by Crippen LogP contribution is -2.10. The minimum atomic E-state index is -0.0171. The van der Waals surface area contributed by atoms with E-state index in [1.54, 1.807) is 13.2 Å². The number of Topliss-reactive ketones (excluding diaryl/α,β-unsaturated/α-hetero) is 1. The maximum absolute atomic E-state index is 12.9. The number of hydrogen-bond donors (Lipinski definition) is 0. The van der Waals surface area contributed by atoms with Crippen LogP contribution in [0.2, 0.25) is 5.02 Å². The first-order valence-corrected chi connectivity index (χ1v) is 9.12. The third-order valence-corrected chi connectivity index (χ3v) is 5.77. The SMILES string of the molecule is COc1ccc(Cl)cc1CC(=O)[C@@H]1[C@@H](c2ccc(Br)cc2)C1(C)C. The molecule has 0 spiro atoms. The van der Waals surface area contributed by atoms with E-state index in [2.05, 4.69) is 41.9 Å². The van der Waals surface area contributed by atoms with E-state index >= 15 is 0 Å². The lowest BCUT2D eigenvalue weighted by atomic mass is 10.0. The van der Waals surface area contributed by atoms with E-state index in [0.29, 0.717) is 17.2 Å². The topological polar surface area (TPSA) is 26.3 Å². The molecule has 3 rings (SSSR count). The second-order valence-electron chi connectivity index (χ2n) is 6.93. The van der Waals surface area contributed by atoms with Gasteiger partial charge in [-0.3, -0.25) is 4.79 Å². The van der Waals surface area contributed by atoms with Gasteiger partial charge in [-0.1, -0.05) is 53.5 Å². The summed E-state index contributed by atoms with van der Waals surface area (Å²) in [6.45, 7) is 4.33. The van der Waals surface area contributed by atoms with E-state index in [1.165, 1.54) is 5.56 Å². The zero-order valence-electron chi connectivity index (χ0n) is 14.0. The molecule has 0 aromatic heterocycles. The summed E-state index contributed by atoms with van der Waals surface area (Å²) in [6.07, 6.45) is 0.352. The van der Waals surface area contributed by atoms with Crippen molar-refractivity contribution in [2.24, 2.45) is 11.3 Å². The Morgan fingerprint density at radius 1 is 1.21 bits per heavy atom. The van der Waals surface area contributed by atoms with Crippen LogP contribution >= 0.6 is 27.5 Å². The molecule has 1 aliphatic carbocycles. The fourth-order valence-corrected chi connectivity index (χ4v) is 4.17. The van der Waals surface area contributed by atoms with Crippen LogP contribution in [0.3, 0.4) is 0 Å². The van der Waals surface area contributed by atoms with Crippen LogP contribution in [-0.4, -0.2) is 12.9 Å². The van der Waals surface area contributed by atoms with Gasteiger partial charge in [0.25, 0.3) is 0 Å². The van der Waals surface area contributed by atoms with E-state index in [9.17, 15) is 4.79 Å². The Balaban J connectivity index is 1.81. The molecular formula is C20H20BrClO2. The van der Waals surface area contributed by atoms with Crippen LogP contribution < -0.4 is 4.74 Å². The molecule has 4 heteroatoms. The molecule has 2 nitrogen and oxygen atoms in total. The van der Waals surface area contributed by atoms with Gasteiger partial charge in [-0.2, -0.15) is 0 Å². The van der Waals surface area contributed by atoms with Crippen molar-refractivity contribution in [3.8, 4) is 5.75 Å². The zero-order chi connectivity index (χ0) is 17.5. The Morgan fingerprint density at radius 2 is 1.88 bits per heavy atom. The summed E-state index contributed by atoms with van der Waals surface area (Å²) in [5, 5.41) is 0.623. The number of rotatable bonds is 5. The van der Waals surface area contributed by atoms with Crippen molar-refractivity contribution in [2.75, 3.05) is 7.11 Å². The standard InChI is InChI=1S/C20H20BrClO2/c1-20(2)18(12-4-6-14(21)7-5-12)19(20)16(23)11-13-10-15(22)8-9-17(13)24-3/h4-10,18-19H,11H2,1-3H3/t18-,19-/m1/s1. The first-order chi connectivity index (χ1) is 11.3. The average molecular weight is 408 g/mol. The van der Waals surface area contributed by atoms with E-state index in [1.807, 2.05) is 24.3 Å². The number of benzene rings is 2. The molecule has 0 N–H and O–H groups in total. The Hall–Kier alpha value is -1.32. The predicted octanol–water partition coefficient (Wildman–Crippen LogP) is 5.66. The normalized spacial score (nSPS) is 21.4. The summed E-state index contributed by atoms with van der Waals surface area (Å²) < 4.78 is 6.41. The molecule has 0 unspecified atom stereocenters. The molecule has 0 heterocycles. The average Bonchev–Trinajstić information content (AvgIpc) is 3.11. The van der Waals surface area contributed by atoms with Crippen molar-refractivity contribution in [3.63, 3.8) is 0 Å². The molecule has 1 aliphatic rings. The van der Waals surface area contributed by atoms with Crippen molar-refractivity contribution in [1.82, 2.24) is 0 Å². The Bertz CT molecular complexity index is 768. The van der Waals surface area contributed by atoms with E-state index in [0.717, 1.165) is 10.0 Å². The molecule has 126 valence electrons. The molecule has 2 atom stereocenters. The molecule has 0 amide bonds. The predicted molar refractivity (Wildman–Crippen MR) is 101 cm³/mol. The molecule has 0 bridgehead atoms. The number of halogens is 2. The highest BCUT2D eigenvalue weighted by molar-refractivity contribution is 9.10. The Labute approximate surface area is 156 Å². The summed E-state index contributed by atoms with van der Waals surface area (Å²) in [7, 11) is 1.61. The van der Waals surface area contributed by atoms with Crippen LogP contribution in [-0.2, 0) is 11.2 Å². The highest BCUT2D eigenvalue weighted by Gasteiger charge is 2.61. The van der Waals surface area contributed by atoms with Crippen LogP contribution in [0.1, 0.15) is 30.9 Å². The van der Waals surface area contributed by atoms with Gasteiger partial charge in [0.2, 0.25) is 0 Å². The molecule has 2 aromatic rings. The highest BCUT2D eigenvalue weighted by atomic mass is 79.9. The number of carbonyl (C=O) groups excluding carboxylic acids is 1. The molecular weight excluding hydrogens is 388 g/mol. The number of ether oxygens (including phenoxy) is 1. The van der Waals surface area contributed by atoms with Crippen LogP contribution in [0.5, 0.6) is 5.75 Å². The van der Waals surface area contributed by atoms with Crippen LogP contribution in [0.25, 0.3) is 0 Å². The van der Waals surface area contributed by atoms with Crippen LogP contribution in [0.15, 0.2) is 46.9 Å². The van der Waals surface area contributed by atoms with Gasteiger partial charge in [-0.25, -0.2) is 0 Å². The number of methoxy groups -OCH3 is 1. The maximum Gasteiger partial charge on any atom is 0.141 e. The van der Waals surface area contributed by atoms with Crippen LogP contribution in [0, 0.1) is 11.3 Å².